The van der Waals surface area contributed by atoms with Crippen molar-refractivity contribution < 1.29 is 44.1 Å². The molecule has 192 valence electrons. The summed E-state index contributed by atoms with van der Waals surface area (Å²) in [5.41, 5.74) is 6.69. The van der Waals surface area contributed by atoms with Crippen LogP contribution >= 0.6 is 0 Å². The number of nitrogens with one attached hydrogen (secondary N) is 3. The van der Waals surface area contributed by atoms with Gasteiger partial charge < -0.3 is 37.0 Å². The summed E-state index contributed by atoms with van der Waals surface area (Å²) in [7, 11) is 0. The van der Waals surface area contributed by atoms with Gasteiger partial charge in [-0.25, -0.2) is 0 Å². The van der Waals surface area contributed by atoms with Crippen LogP contribution in [0.4, 0.5) is 0 Å². The van der Waals surface area contributed by atoms with Gasteiger partial charge in [0.25, 0.3) is 0 Å². The Balaban J connectivity index is 2.96. The summed E-state index contributed by atoms with van der Waals surface area (Å²) in [6.45, 7) is 1.18. The topological polar surface area (TPSA) is 225 Å². The first-order valence-corrected chi connectivity index (χ1v) is 10.8. The van der Waals surface area contributed by atoms with Crippen LogP contribution in [0.3, 0.4) is 0 Å². The Kier molecular flexibility index (Phi) is 11.9. The summed E-state index contributed by atoms with van der Waals surface area (Å²) >= 11 is 0. The molecule has 0 aromatic heterocycles. The van der Waals surface area contributed by atoms with E-state index in [0.29, 0.717) is 0 Å². The van der Waals surface area contributed by atoms with Crippen molar-refractivity contribution in [3.8, 4) is 0 Å². The second-order valence-corrected chi connectivity index (χ2v) is 7.85. The third-order valence-corrected chi connectivity index (χ3v) is 4.92. The lowest BCUT2D eigenvalue weighted by Gasteiger charge is -2.24. The Morgan fingerprint density at radius 3 is 1.69 bits per heavy atom. The van der Waals surface area contributed by atoms with Crippen LogP contribution in [-0.2, 0) is 35.2 Å². The fraction of sp³-hybridized carbons (Fsp3) is 0.455. The molecule has 4 unspecified atom stereocenters. The number of carboxylic acids is 3. The predicted octanol–water partition coefficient (Wildman–Crippen LogP) is -1.16. The molecule has 0 spiro atoms. The average Bonchev–Trinajstić information content (AvgIpc) is 2.79. The van der Waals surface area contributed by atoms with Crippen molar-refractivity contribution in [3.63, 3.8) is 0 Å². The molecule has 0 fully saturated rings. The number of rotatable bonds is 15. The second kappa shape index (κ2) is 14.3. The van der Waals surface area contributed by atoms with Crippen LogP contribution in [0, 0.1) is 0 Å². The van der Waals surface area contributed by atoms with E-state index in [4.69, 9.17) is 21.1 Å². The zero-order valence-corrected chi connectivity index (χ0v) is 19.1. The molecule has 1 aromatic carbocycles. The minimum absolute atomic E-state index is 0.149. The molecule has 35 heavy (non-hydrogen) atoms. The maximum absolute atomic E-state index is 12.8. The van der Waals surface area contributed by atoms with Crippen molar-refractivity contribution in [2.24, 2.45) is 5.73 Å². The minimum atomic E-state index is -1.44. The third kappa shape index (κ3) is 11.1. The van der Waals surface area contributed by atoms with Gasteiger partial charge in [-0.05, 0) is 31.7 Å². The first kappa shape index (κ1) is 29.0. The molecule has 0 saturated carbocycles. The Morgan fingerprint density at radius 2 is 1.23 bits per heavy atom. The number of carbonyl (C=O) groups excluding carboxylic acids is 3. The highest BCUT2D eigenvalue weighted by molar-refractivity contribution is 5.94. The lowest BCUT2D eigenvalue weighted by atomic mass is 10.0. The lowest BCUT2D eigenvalue weighted by Crippen LogP contribution is -2.57. The zero-order chi connectivity index (χ0) is 26.5. The van der Waals surface area contributed by atoms with E-state index >= 15 is 0 Å². The monoisotopic (exact) mass is 494 g/mol. The van der Waals surface area contributed by atoms with Crippen molar-refractivity contribution in [1.82, 2.24) is 16.0 Å². The molecular formula is C22H30N4O9. The zero-order valence-electron chi connectivity index (χ0n) is 19.1. The van der Waals surface area contributed by atoms with E-state index in [1.165, 1.54) is 6.92 Å². The maximum Gasteiger partial charge on any atom is 0.325 e. The molecule has 13 nitrogen and oxygen atoms in total. The summed E-state index contributed by atoms with van der Waals surface area (Å²) < 4.78 is 0. The molecule has 8 N–H and O–H groups in total. The van der Waals surface area contributed by atoms with E-state index in [9.17, 15) is 28.8 Å². The highest BCUT2D eigenvalue weighted by Crippen LogP contribution is 2.06. The number of carbonyl (C=O) groups is 6. The largest absolute Gasteiger partial charge is 0.481 e. The molecule has 0 aliphatic carbocycles. The van der Waals surface area contributed by atoms with Gasteiger partial charge in [-0.3, -0.25) is 28.8 Å². The highest BCUT2D eigenvalue weighted by Gasteiger charge is 2.30. The molecule has 0 aliphatic heterocycles. The van der Waals surface area contributed by atoms with Gasteiger partial charge >= 0.3 is 17.9 Å². The lowest BCUT2D eigenvalue weighted by molar-refractivity contribution is -0.142. The van der Waals surface area contributed by atoms with Gasteiger partial charge in [0.05, 0.1) is 6.04 Å². The Bertz CT molecular complexity index is 923. The van der Waals surface area contributed by atoms with E-state index in [1.54, 1.807) is 30.3 Å². The van der Waals surface area contributed by atoms with Gasteiger partial charge in [0.15, 0.2) is 0 Å². The SMILES string of the molecule is CC(NC(=O)C(CCC(=O)O)NC(=O)C(CCC(=O)O)NC(=O)C(N)Cc1ccccc1)C(=O)O. The molecule has 0 heterocycles. The third-order valence-electron chi connectivity index (χ3n) is 4.92. The molecule has 0 saturated heterocycles. The molecule has 1 aromatic rings. The summed E-state index contributed by atoms with van der Waals surface area (Å²) in [4.78, 5) is 70.9. The van der Waals surface area contributed by atoms with Crippen LogP contribution in [0.15, 0.2) is 30.3 Å². The molecule has 3 amide bonds. The number of carboxylic acid groups (broad SMARTS) is 3. The van der Waals surface area contributed by atoms with Crippen LogP contribution in [0.25, 0.3) is 0 Å². The van der Waals surface area contributed by atoms with E-state index < -0.39 is 72.6 Å². The number of amides is 3. The van der Waals surface area contributed by atoms with Gasteiger partial charge in [-0.2, -0.15) is 0 Å². The Labute approximate surface area is 201 Å². The number of hydrogen-bond donors (Lipinski definition) is 7. The van der Waals surface area contributed by atoms with Crippen LogP contribution in [0.5, 0.6) is 0 Å². The number of benzene rings is 1. The molecule has 4 atom stereocenters. The summed E-state index contributed by atoms with van der Waals surface area (Å²) in [6.07, 6.45) is -1.56. The predicted molar refractivity (Wildman–Crippen MR) is 121 cm³/mol. The Morgan fingerprint density at radius 1 is 0.771 bits per heavy atom. The van der Waals surface area contributed by atoms with Crippen LogP contribution in [-0.4, -0.2) is 75.1 Å². The van der Waals surface area contributed by atoms with Crippen LogP contribution in [0.2, 0.25) is 0 Å². The van der Waals surface area contributed by atoms with E-state index in [1.807, 2.05) is 0 Å². The number of aliphatic carboxylic acids is 3. The number of hydrogen-bond acceptors (Lipinski definition) is 7. The fourth-order valence-electron chi connectivity index (χ4n) is 2.96. The number of nitrogens with two attached hydrogens (primary N) is 1. The van der Waals surface area contributed by atoms with Crippen molar-refractivity contribution in [2.75, 3.05) is 0 Å². The van der Waals surface area contributed by atoms with Crippen LogP contribution < -0.4 is 21.7 Å². The Hall–Kier alpha value is -4.00. The van der Waals surface area contributed by atoms with Gasteiger partial charge in [-0.1, -0.05) is 30.3 Å². The van der Waals surface area contributed by atoms with Gasteiger partial charge in [0.1, 0.15) is 18.1 Å². The van der Waals surface area contributed by atoms with E-state index in [0.717, 1.165) is 5.56 Å². The molecule has 0 aliphatic rings. The average molecular weight is 495 g/mol. The van der Waals surface area contributed by atoms with Crippen molar-refractivity contribution in [3.05, 3.63) is 35.9 Å². The van der Waals surface area contributed by atoms with Crippen molar-refractivity contribution in [2.45, 2.75) is 63.2 Å². The first-order valence-electron chi connectivity index (χ1n) is 10.8. The molecule has 1 rings (SSSR count). The van der Waals surface area contributed by atoms with Gasteiger partial charge in [0.2, 0.25) is 17.7 Å². The summed E-state index contributed by atoms with van der Waals surface area (Å²) in [6, 6.07) is 3.62. The van der Waals surface area contributed by atoms with E-state index in [2.05, 4.69) is 16.0 Å². The quantitative estimate of drug-likeness (QED) is 0.155. The van der Waals surface area contributed by atoms with Gasteiger partial charge in [-0.15, -0.1) is 0 Å². The van der Waals surface area contributed by atoms with Crippen LogP contribution in [0.1, 0.15) is 38.2 Å². The highest BCUT2D eigenvalue weighted by atomic mass is 16.4. The fourth-order valence-corrected chi connectivity index (χ4v) is 2.96. The van der Waals surface area contributed by atoms with E-state index in [-0.39, 0.29) is 19.3 Å². The standard InChI is InChI=1S/C22H30N4O9/c1-12(22(34)35)24-20(32)15(7-9-17(27)28)26-21(33)16(8-10-18(29)30)25-19(31)14(23)11-13-5-3-2-4-6-13/h2-6,12,14-16H,7-11,23H2,1H3,(H,24,32)(H,25,31)(H,26,33)(H,27,28)(H,29,30)(H,34,35). The molecule has 13 heteroatoms. The molecule has 0 bridgehead atoms. The van der Waals surface area contributed by atoms with Gasteiger partial charge in [0, 0.05) is 12.8 Å². The first-order chi connectivity index (χ1) is 16.4. The normalized spacial score (nSPS) is 14.0. The second-order valence-electron chi connectivity index (χ2n) is 7.85. The van der Waals surface area contributed by atoms with Crippen molar-refractivity contribution in [1.29, 1.82) is 0 Å². The molecule has 0 radical (unpaired) electrons. The minimum Gasteiger partial charge on any atom is -0.481 e. The van der Waals surface area contributed by atoms with Crippen molar-refractivity contribution >= 4 is 35.6 Å². The smallest absolute Gasteiger partial charge is 0.325 e. The molecular weight excluding hydrogens is 464 g/mol. The maximum atomic E-state index is 12.8. The summed E-state index contributed by atoms with van der Waals surface area (Å²) in [5, 5.41) is 33.7. The summed E-state index contributed by atoms with van der Waals surface area (Å²) in [5.74, 6) is -6.46.